The van der Waals surface area contributed by atoms with Crippen molar-refractivity contribution in [3.63, 3.8) is 0 Å². The summed E-state index contributed by atoms with van der Waals surface area (Å²) >= 11 is 0. The van der Waals surface area contributed by atoms with Crippen LogP contribution in [0.2, 0.25) is 0 Å². The van der Waals surface area contributed by atoms with Crippen molar-refractivity contribution in [3.05, 3.63) is 23.8 Å². The molecule has 1 saturated heterocycles. The molecule has 6 nitrogen and oxygen atoms in total. The van der Waals surface area contributed by atoms with Gasteiger partial charge in [-0.1, -0.05) is 0 Å². The zero-order chi connectivity index (χ0) is 13.8. The van der Waals surface area contributed by atoms with Crippen LogP contribution in [0.5, 0.6) is 0 Å². The standard InChI is InChI=1S/C13H18N4O2/c1-15-13(19)10-4-3-9(14)7-11(10)17-6-2-5-16-12(18)8-17/h3-4,7H,2,5-6,8,14H2,1H3,(H,15,19)(H,16,18). The Morgan fingerprint density at radius 3 is 3.00 bits per heavy atom. The fraction of sp³-hybridized carbons (Fsp3) is 0.385. The van der Waals surface area contributed by atoms with E-state index in [0.717, 1.165) is 6.42 Å². The highest BCUT2D eigenvalue weighted by Gasteiger charge is 2.20. The van der Waals surface area contributed by atoms with Gasteiger partial charge in [-0.15, -0.1) is 0 Å². The van der Waals surface area contributed by atoms with Crippen LogP contribution in [0, 0.1) is 0 Å². The average molecular weight is 262 g/mol. The molecule has 4 N–H and O–H groups in total. The first-order valence-corrected chi connectivity index (χ1v) is 6.25. The largest absolute Gasteiger partial charge is 0.399 e. The van der Waals surface area contributed by atoms with Gasteiger partial charge in [-0.2, -0.15) is 0 Å². The second-order valence-electron chi connectivity index (χ2n) is 4.48. The number of hydrogen-bond acceptors (Lipinski definition) is 4. The molecule has 2 amide bonds. The summed E-state index contributed by atoms with van der Waals surface area (Å²) in [5.74, 6) is -0.220. The minimum atomic E-state index is -0.181. The van der Waals surface area contributed by atoms with Crippen LogP contribution in [0.1, 0.15) is 16.8 Å². The molecule has 6 heteroatoms. The summed E-state index contributed by atoms with van der Waals surface area (Å²) in [6, 6.07) is 5.11. The number of nitrogens with zero attached hydrogens (tertiary/aromatic N) is 1. The van der Waals surface area contributed by atoms with E-state index < -0.39 is 0 Å². The lowest BCUT2D eigenvalue weighted by Crippen LogP contribution is -2.34. The topological polar surface area (TPSA) is 87.5 Å². The molecule has 1 heterocycles. The van der Waals surface area contributed by atoms with Gasteiger partial charge in [-0.3, -0.25) is 9.59 Å². The zero-order valence-electron chi connectivity index (χ0n) is 10.9. The van der Waals surface area contributed by atoms with E-state index in [-0.39, 0.29) is 18.4 Å². The van der Waals surface area contributed by atoms with Gasteiger partial charge in [-0.05, 0) is 24.6 Å². The highest BCUT2D eigenvalue weighted by Crippen LogP contribution is 2.24. The quantitative estimate of drug-likeness (QED) is 0.652. The smallest absolute Gasteiger partial charge is 0.253 e. The lowest BCUT2D eigenvalue weighted by molar-refractivity contribution is -0.119. The Morgan fingerprint density at radius 2 is 2.26 bits per heavy atom. The van der Waals surface area contributed by atoms with Crippen LogP contribution in [-0.4, -0.2) is 38.5 Å². The van der Waals surface area contributed by atoms with Crippen LogP contribution in [0.4, 0.5) is 11.4 Å². The van der Waals surface area contributed by atoms with E-state index in [4.69, 9.17) is 5.73 Å². The van der Waals surface area contributed by atoms with Crippen molar-refractivity contribution < 1.29 is 9.59 Å². The highest BCUT2D eigenvalue weighted by molar-refractivity contribution is 6.01. The Balaban J connectivity index is 2.38. The van der Waals surface area contributed by atoms with E-state index in [9.17, 15) is 9.59 Å². The van der Waals surface area contributed by atoms with E-state index in [2.05, 4.69) is 10.6 Å². The number of anilines is 2. The van der Waals surface area contributed by atoms with Crippen molar-refractivity contribution in [2.75, 3.05) is 37.3 Å². The molecule has 0 bridgehead atoms. The summed E-state index contributed by atoms with van der Waals surface area (Å²) in [6.45, 7) is 1.62. The van der Waals surface area contributed by atoms with Crippen LogP contribution < -0.4 is 21.3 Å². The summed E-state index contributed by atoms with van der Waals surface area (Å²) in [5, 5.41) is 5.41. The van der Waals surface area contributed by atoms with Gasteiger partial charge in [0, 0.05) is 25.8 Å². The molecule has 0 unspecified atom stereocenters. The van der Waals surface area contributed by atoms with E-state index in [1.165, 1.54) is 0 Å². The Bertz CT molecular complexity index is 501. The lowest BCUT2D eigenvalue weighted by atomic mass is 10.1. The van der Waals surface area contributed by atoms with Gasteiger partial charge >= 0.3 is 0 Å². The highest BCUT2D eigenvalue weighted by atomic mass is 16.2. The fourth-order valence-electron chi connectivity index (χ4n) is 2.15. The molecule has 0 atom stereocenters. The van der Waals surface area contributed by atoms with Crippen LogP contribution in [0.3, 0.4) is 0 Å². The third-order valence-corrected chi connectivity index (χ3v) is 3.10. The first-order valence-electron chi connectivity index (χ1n) is 6.25. The van der Waals surface area contributed by atoms with Crippen LogP contribution >= 0.6 is 0 Å². The van der Waals surface area contributed by atoms with E-state index in [0.29, 0.717) is 30.0 Å². The molecule has 0 aliphatic carbocycles. The number of nitrogens with one attached hydrogen (secondary N) is 2. The maximum Gasteiger partial charge on any atom is 0.253 e. The molecule has 1 aromatic carbocycles. The summed E-state index contributed by atoms with van der Waals surface area (Å²) in [5.41, 5.74) is 7.61. The average Bonchev–Trinajstić information content (AvgIpc) is 2.62. The monoisotopic (exact) mass is 262 g/mol. The number of benzene rings is 1. The number of carbonyl (C=O) groups excluding carboxylic acids is 2. The van der Waals surface area contributed by atoms with Crippen molar-refractivity contribution >= 4 is 23.2 Å². The van der Waals surface area contributed by atoms with Crippen LogP contribution in [0.15, 0.2) is 18.2 Å². The van der Waals surface area contributed by atoms with Gasteiger partial charge in [0.25, 0.3) is 5.91 Å². The summed E-state index contributed by atoms with van der Waals surface area (Å²) in [6.07, 6.45) is 0.841. The van der Waals surface area contributed by atoms with Crippen molar-refractivity contribution in [1.82, 2.24) is 10.6 Å². The zero-order valence-corrected chi connectivity index (χ0v) is 10.9. The fourth-order valence-corrected chi connectivity index (χ4v) is 2.15. The number of rotatable bonds is 2. The summed E-state index contributed by atoms with van der Waals surface area (Å²) in [4.78, 5) is 25.4. The third kappa shape index (κ3) is 2.96. The Morgan fingerprint density at radius 1 is 1.47 bits per heavy atom. The summed E-state index contributed by atoms with van der Waals surface area (Å²) in [7, 11) is 1.58. The number of nitrogen functional groups attached to an aromatic ring is 1. The van der Waals surface area contributed by atoms with E-state index in [1.807, 2.05) is 4.90 Å². The summed E-state index contributed by atoms with van der Waals surface area (Å²) < 4.78 is 0. The number of nitrogens with two attached hydrogens (primary N) is 1. The van der Waals surface area contributed by atoms with Crippen molar-refractivity contribution in [1.29, 1.82) is 0 Å². The number of amides is 2. The van der Waals surface area contributed by atoms with Crippen molar-refractivity contribution in [2.45, 2.75) is 6.42 Å². The lowest BCUT2D eigenvalue weighted by Gasteiger charge is -2.24. The van der Waals surface area contributed by atoms with Crippen molar-refractivity contribution in [2.24, 2.45) is 0 Å². The molecule has 1 fully saturated rings. The first kappa shape index (κ1) is 13.2. The van der Waals surface area contributed by atoms with Gasteiger partial charge in [0.1, 0.15) is 0 Å². The maximum atomic E-state index is 11.9. The normalized spacial score (nSPS) is 15.6. The van der Waals surface area contributed by atoms with E-state index in [1.54, 1.807) is 25.2 Å². The van der Waals surface area contributed by atoms with Gasteiger partial charge < -0.3 is 21.3 Å². The van der Waals surface area contributed by atoms with Gasteiger partial charge in [0.2, 0.25) is 5.91 Å². The molecule has 0 aromatic heterocycles. The Labute approximate surface area is 112 Å². The predicted octanol–water partition coefficient (Wildman–Crippen LogP) is -0.0453. The molecular formula is C13H18N4O2. The molecule has 1 aliphatic heterocycles. The second kappa shape index (κ2) is 5.60. The minimum absolute atomic E-state index is 0.0391. The molecule has 19 heavy (non-hydrogen) atoms. The maximum absolute atomic E-state index is 11.9. The first-order chi connectivity index (χ1) is 9.11. The second-order valence-corrected chi connectivity index (χ2v) is 4.48. The van der Waals surface area contributed by atoms with E-state index >= 15 is 0 Å². The molecule has 0 saturated carbocycles. The molecule has 1 aliphatic rings. The SMILES string of the molecule is CNC(=O)c1ccc(N)cc1N1CCCNC(=O)C1. The Hall–Kier alpha value is -2.24. The molecule has 1 aromatic rings. The number of carbonyl (C=O) groups is 2. The van der Waals surface area contributed by atoms with Gasteiger partial charge in [0.05, 0.1) is 17.8 Å². The van der Waals surface area contributed by atoms with Gasteiger partial charge in [-0.25, -0.2) is 0 Å². The van der Waals surface area contributed by atoms with Crippen LogP contribution in [0.25, 0.3) is 0 Å². The molecule has 0 radical (unpaired) electrons. The third-order valence-electron chi connectivity index (χ3n) is 3.10. The molecular weight excluding hydrogens is 244 g/mol. The van der Waals surface area contributed by atoms with Gasteiger partial charge in [0.15, 0.2) is 0 Å². The molecule has 102 valence electrons. The van der Waals surface area contributed by atoms with Crippen molar-refractivity contribution in [3.8, 4) is 0 Å². The minimum Gasteiger partial charge on any atom is -0.399 e. The molecule has 2 rings (SSSR count). The predicted molar refractivity (Wildman–Crippen MR) is 74.1 cm³/mol. The Kier molecular flexibility index (Phi) is 3.89. The van der Waals surface area contributed by atoms with Crippen LogP contribution in [-0.2, 0) is 4.79 Å². The number of hydrogen-bond donors (Lipinski definition) is 3. The molecule has 0 spiro atoms.